The standard InChI is InChI=1S/C8H15N3O2/c1-4-3-6(4)10-5(2)7(12)11-8(9)13/h4-6,10H,3H2,1-2H3,(H3,9,11,12,13). The Kier molecular flexibility index (Phi) is 2.87. The predicted octanol–water partition coefficient (Wildman–Crippen LogP) is -0.432. The van der Waals surface area contributed by atoms with Crippen LogP contribution in [0.25, 0.3) is 0 Å². The van der Waals surface area contributed by atoms with Crippen molar-refractivity contribution < 1.29 is 9.59 Å². The van der Waals surface area contributed by atoms with Gasteiger partial charge < -0.3 is 11.1 Å². The summed E-state index contributed by atoms with van der Waals surface area (Å²) in [6, 6.07) is -0.751. The Morgan fingerprint density at radius 3 is 2.46 bits per heavy atom. The number of hydrogen-bond donors (Lipinski definition) is 3. The average molecular weight is 185 g/mol. The number of carbonyl (C=O) groups excluding carboxylic acids is 2. The lowest BCUT2D eigenvalue weighted by Gasteiger charge is -2.11. The molecular weight excluding hydrogens is 170 g/mol. The van der Waals surface area contributed by atoms with Crippen molar-refractivity contribution in [3.63, 3.8) is 0 Å². The summed E-state index contributed by atoms with van der Waals surface area (Å²) < 4.78 is 0. The fourth-order valence-electron chi connectivity index (χ4n) is 1.18. The van der Waals surface area contributed by atoms with Crippen molar-refractivity contribution >= 4 is 11.9 Å². The summed E-state index contributed by atoms with van der Waals surface area (Å²) in [5, 5.41) is 5.12. The third-order valence-corrected chi connectivity index (χ3v) is 2.21. The molecule has 0 aromatic heterocycles. The number of nitrogens with one attached hydrogen (secondary N) is 2. The fraction of sp³-hybridized carbons (Fsp3) is 0.750. The highest BCUT2D eigenvalue weighted by atomic mass is 16.2. The minimum absolute atomic E-state index is 0.359. The van der Waals surface area contributed by atoms with Crippen molar-refractivity contribution in [2.75, 3.05) is 0 Å². The molecule has 1 aliphatic carbocycles. The maximum atomic E-state index is 11.1. The number of imide groups is 1. The smallest absolute Gasteiger partial charge is 0.318 e. The highest BCUT2D eigenvalue weighted by Crippen LogP contribution is 2.29. The summed E-state index contributed by atoms with van der Waals surface area (Å²) in [6.45, 7) is 3.82. The molecule has 0 bridgehead atoms. The molecule has 3 unspecified atom stereocenters. The molecule has 1 saturated carbocycles. The topological polar surface area (TPSA) is 84.2 Å². The van der Waals surface area contributed by atoms with E-state index in [1.54, 1.807) is 6.92 Å². The molecule has 0 saturated heterocycles. The Morgan fingerprint density at radius 1 is 1.54 bits per heavy atom. The van der Waals surface area contributed by atoms with Crippen LogP contribution in [0.1, 0.15) is 20.3 Å². The number of hydrogen-bond acceptors (Lipinski definition) is 3. The number of primary amides is 1. The molecule has 0 heterocycles. The monoisotopic (exact) mass is 185 g/mol. The Balaban J connectivity index is 2.26. The quantitative estimate of drug-likeness (QED) is 0.557. The fourth-order valence-corrected chi connectivity index (χ4v) is 1.18. The van der Waals surface area contributed by atoms with Gasteiger partial charge in [-0.15, -0.1) is 0 Å². The van der Waals surface area contributed by atoms with E-state index < -0.39 is 6.03 Å². The van der Waals surface area contributed by atoms with Crippen LogP contribution in [0, 0.1) is 5.92 Å². The van der Waals surface area contributed by atoms with Crippen molar-refractivity contribution in [3.05, 3.63) is 0 Å². The molecule has 1 aliphatic rings. The van der Waals surface area contributed by atoms with Crippen molar-refractivity contribution in [1.29, 1.82) is 0 Å². The van der Waals surface area contributed by atoms with Gasteiger partial charge in [-0.05, 0) is 19.3 Å². The van der Waals surface area contributed by atoms with Gasteiger partial charge in [0.2, 0.25) is 5.91 Å². The molecule has 0 aromatic rings. The van der Waals surface area contributed by atoms with Gasteiger partial charge in [-0.2, -0.15) is 0 Å². The zero-order valence-corrected chi connectivity index (χ0v) is 7.83. The van der Waals surface area contributed by atoms with E-state index in [0.29, 0.717) is 12.0 Å². The molecule has 13 heavy (non-hydrogen) atoms. The summed E-state index contributed by atoms with van der Waals surface area (Å²) in [5.74, 6) is 0.260. The van der Waals surface area contributed by atoms with E-state index in [1.807, 2.05) is 5.32 Å². The molecule has 3 amide bonds. The Bertz CT molecular complexity index is 229. The molecule has 0 aromatic carbocycles. The molecule has 3 atom stereocenters. The number of carbonyl (C=O) groups is 2. The van der Waals surface area contributed by atoms with Crippen molar-refractivity contribution in [2.24, 2.45) is 11.7 Å². The van der Waals surface area contributed by atoms with Crippen LogP contribution in [0.4, 0.5) is 4.79 Å². The van der Waals surface area contributed by atoms with Crippen LogP contribution in [0.3, 0.4) is 0 Å². The van der Waals surface area contributed by atoms with E-state index in [0.717, 1.165) is 6.42 Å². The van der Waals surface area contributed by atoms with Gasteiger partial charge in [0.1, 0.15) is 0 Å². The first-order valence-corrected chi connectivity index (χ1v) is 4.37. The SMILES string of the molecule is CC(NC1CC1C)C(=O)NC(N)=O. The second kappa shape index (κ2) is 3.74. The molecule has 0 spiro atoms. The van der Waals surface area contributed by atoms with Crippen LogP contribution in [-0.4, -0.2) is 24.0 Å². The number of urea groups is 1. The third-order valence-electron chi connectivity index (χ3n) is 2.21. The van der Waals surface area contributed by atoms with Crippen LogP contribution >= 0.6 is 0 Å². The molecule has 1 fully saturated rings. The van der Waals surface area contributed by atoms with E-state index in [1.165, 1.54) is 0 Å². The summed E-state index contributed by atoms with van der Waals surface area (Å²) in [4.78, 5) is 21.5. The molecule has 5 nitrogen and oxygen atoms in total. The maximum Gasteiger partial charge on any atom is 0.318 e. The normalized spacial score (nSPS) is 27.8. The van der Waals surface area contributed by atoms with Gasteiger partial charge in [0.05, 0.1) is 6.04 Å². The van der Waals surface area contributed by atoms with Crippen LogP contribution in [0.2, 0.25) is 0 Å². The minimum Gasteiger partial charge on any atom is -0.351 e. The zero-order valence-electron chi connectivity index (χ0n) is 7.83. The van der Waals surface area contributed by atoms with E-state index >= 15 is 0 Å². The summed E-state index contributed by atoms with van der Waals surface area (Å²) in [5.41, 5.74) is 4.81. The second-order valence-corrected chi connectivity index (χ2v) is 3.56. The van der Waals surface area contributed by atoms with Crippen LogP contribution < -0.4 is 16.4 Å². The zero-order chi connectivity index (χ0) is 10.0. The first-order chi connectivity index (χ1) is 6.00. The van der Waals surface area contributed by atoms with Crippen molar-refractivity contribution in [3.8, 4) is 0 Å². The largest absolute Gasteiger partial charge is 0.351 e. The molecule has 74 valence electrons. The van der Waals surface area contributed by atoms with Gasteiger partial charge in [-0.3, -0.25) is 10.1 Å². The van der Waals surface area contributed by atoms with Crippen molar-refractivity contribution in [2.45, 2.75) is 32.4 Å². The molecule has 0 aliphatic heterocycles. The van der Waals surface area contributed by atoms with Crippen LogP contribution in [0.15, 0.2) is 0 Å². The molecular formula is C8H15N3O2. The van der Waals surface area contributed by atoms with Gasteiger partial charge in [0.25, 0.3) is 0 Å². The number of rotatable bonds is 3. The molecule has 4 N–H and O–H groups in total. The van der Waals surface area contributed by atoms with Gasteiger partial charge in [0, 0.05) is 6.04 Å². The molecule has 0 radical (unpaired) electrons. The summed E-state index contributed by atoms with van der Waals surface area (Å²) in [6.07, 6.45) is 1.09. The van der Waals surface area contributed by atoms with E-state index in [-0.39, 0.29) is 11.9 Å². The molecule has 1 rings (SSSR count). The minimum atomic E-state index is -0.803. The number of amides is 3. The highest BCUT2D eigenvalue weighted by molar-refractivity contribution is 5.96. The Labute approximate surface area is 77.1 Å². The lowest BCUT2D eigenvalue weighted by molar-refractivity contribution is -0.121. The first-order valence-electron chi connectivity index (χ1n) is 4.37. The maximum absolute atomic E-state index is 11.1. The summed E-state index contributed by atoms with van der Waals surface area (Å²) in [7, 11) is 0. The van der Waals surface area contributed by atoms with Gasteiger partial charge >= 0.3 is 6.03 Å². The van der Waals surface area contributed by atoms with E-state index in [4.69, 9.17) is 5.73 Å². The van der Waals surface area contributed by atoms with Crippen LogP contribution in [-0.2, 0) is 4.79 Å². The lowest BCUT2D eigenvalue weighted by Crippen LogP contribution is -2.47. The van der Waals surface area contributed by atoms with Gasteiger partial charge in [-0.25, -0.2) is 4.79 Å². The predicted molar refractivity (Wildman–Crippen MR) is 47.9 cm³/mol. The van der Waals surface area contributed by atoms with E-state index in [2.05, 4.69) is 12.2 Å². The lowest BCUT2D eigenvalue weighted by atomic mass is 10.3. The van der Waals surface area contributed by atoms with E-state index in [9.17, 15) is 9.59 Å². The Hall–Kier alpha value is -1.10. The third kappa shape index (κ3) is 3.02. The molecule has 5 heteroatoms. The van der Waals surface area contributed by atoms with Gasteiger partial charge in [0.15, 0.2) is 0 Å². The Morgan fingerprint density at radius 2 is 2.08 bits per heavy atom. The van der Waals surface area contributed by atoms with Gasteiger partial charge in [-0.1, -0.05) is 6.92 Å². The average Bonchev–Trinajstić information content (AvgIpc) is 2.64. The number of nitrogens with two attached hydrogens (primary N) is 1. The summed E-state index contributed by atoms with van der Waals surface area (Å²) >= 11 is 0. The highest BCUT2D eigenvalue weighted by Gasteiger charge is 2.34. The van der Waals surface area contributed by atoms with Crippen LogP contribution in [0.5, 0.6) is 0 Å². The first kappa shape index (κ1) is 9.98. The second-order valence-electron chi connectivity index (χ2n) is 3.56. The van der Waals surface area contributed by atoms with Crippen molar-refractivity contribution in [1.82, 2.24) is 10.6 Å².